The van der Waals surface area contributed by atoms with E-state index in [0.29, 0.717) is 6.42 Å². The normalized spacial score (nSPS) is 21.1. The van der Waals surface area contributed by atoms with E-state index in [1.54, 1.807) is 10.9 Å². The molecule has 1 N–H and O–H groups in total. The lowest BCUT2D eigenvalue weighted by atomic mass is 10.2. The van der Waals surface area contributed by atoms with Gasteiger partial charge in [-0.05, 0) is 18.6 Å². The van der Waals surface area contributed by atoms with E-state index in [2.05, 4.69) is 10.3 Å². The van der Waals surface area contributed by atoms with E-state index >= 15 is 0 Å². The molecule has 20 heavy (non-hydrogen) atoms. The van der Waals surface area contributed by atoms with Crippen LogP contribution in [0.4, 0.5) is 0 Å². The molecular weight excluding hydrogens is 278 g/mol. The zero-order valence-electron chi connectivity index (χ0n) is 10.8. The third-order valence-electron chi connectivity index (χ3n) is 3.44. The number of aromatic nitrogens is 2. The number of carbonyl (C=O) groups is 1. The number of imidazole rings is 1. The Morgan fingerprint density at radius 2 is 2.20 bits per heavy atom. The first-order valence-corrected chi connectivity index (χ1v) is 8.25. The van der Waals surface area contributed by atoms with E-state index in [9.17, 15) is 13.2 Å². The summed E-state index contributed by atoms with van der Waals surface area (Å²) in [6.45, 7) is 0.150. The highest BCUT2D eigenvalue weighted by molar-refractivity contribution is 7.91. The Morgan fingerprint density at radius 3 is 2.95 bits per heavy atom. The largest absolute Gasteiger partial charge is 0.351 e. The van der Waals surface area contributed by atoms with Crippen LogP contribution in [0, 0.1) is 0 Å². The van der Waals surface area contributed by atoms with Gasteiger partial charge in [0, 0.05) is 6.04 Å². The van der Waals surface area contributed by atoms with E-state index in [-0.39, 0.29) is 30.0 Å². The number of rotatable bonds is 3. The molecule has 3 rings (SSSR count). The summed E-state index contributed by atoms with van der Waals surface area (Å²) in [7, 11) is -2.97. The molecule has 0 aliphatic carbocycles. The van der Waals surface area contributed by atoms with E-state index < -0.39 is 9.84 Å². The Morgan fingerprint density at radius 1 is 1.40 bits per heavy atom. The SMILES string of the molecule is O=C(Cn1cnc2ccccc21)N[C@@H]1CCS(=O)(=O)C1. The summed E-state index contributed by atoms with van der Waals surface area (Å²) in [4.78, 5) is 16.2. The van der Waals surface area contributed by atoms with E-state index in [4.69, 9.17) is 0 Å². The summed E-state index contributed by atoms with van der Waals surface area (Å²) < 4.78 is 24.5. The average Bonchev–Trinajstić information content (AvgIpc) is 2.94. The number of fused-ring (bicyclic) bond motifs is 1. The zero-order valence-corrected chi connectivity index (χ0v) is 11.6. The van der Waals surface area contributed by atoms with E-state index in [1.165, 1.54) is 0 Å². The third kappa shape index (κ3) is 2.67. The van der Waals surface area contributed by atoms with Gasteiger partial charge in [0.15, 0.2) is 9.84 Å². The van der Waals surface area contributed by atoms with Gasteiger partial charge in [-0.3, -0.25) is 4.79 Å². The van der Waals surface area contributed by atoms with Crippen molar-refractivity contribution < 1.29 is 13.2 Å². The molecule has 106 valence electrons. The monoisotopic (exact) mass is 293 g/mol. The predicted octanol–water partition coefficient (Wildman–Crippen LogP) is 0.340. The molecule has 6 nitrogen and oxygen atoms in total. The lowest BCUT2D eigenvalue weighted by molar-refractivity contribution is -0.122. The molecule has 1 aliphatic rings. The first kappa shape index (κ1) is 13.1. The number of hydrogen-bond acceptors (Lipinski definition) is 4. The molecule has 0 saturated carbocycles. The first-order valence-electron chi connectivity index (χ1n) is 6.43. The standard InChI is InChI=1S/C13H15N3O3S/c17-13(15-10-5-6-20(18,19)8-10)7-16-9-14-11-3-1-2-4-12(11)16/h1-4,9-10H,5-8H2,(H,15,17)/t10-/m1/s1. The Hall–Kier alpha value is -1.89. The molecule has 0 unspecified atom stereocenters. The molecule has 0 radical (unpaired) electrons. The van der Waals surface area contributed by atoms with Gasteiger partial charge in [0.25, 0.3) is 0 Å². The van der Waals surface area contributed by atoms with Crippen LogP contribution in [0.25, 0.3) is 11.0 Å². The Balaban J connectivity index is 1.67. The molecule has 1 atom stereocenters. The zero-order chi connectivity index (χ0) is 14.2. The number of amides is 1. The van der Waals surface area contributed by atoms with Crippen molar-refractivity contribution in [3.8, 4) is 0 Å². The molecule has 1 aromatic carbocycles. The van der Waals surface area contributed by atoms with Crippen molar-refractivity contribution >= 4 is 26.8 Å². The number of sulfone groups is 1. The van der Waals surface area contributed by atoms with Crippen molar-refractivity contribution in [2.45, 2.75) is 19.0 Å². The fourth-order valence-corrected chi connectivity index (χ4v) is 4.15. The quantitative estimate of drug-likeness (QED) is 0.885. The summed E-state index contributed by atoms with van der Waals surface area (Å²) in [5.74, 6) is 0.0188. The average molecular weight is 293 g/mol. The van der Waals surface area contributed by atoms with Gasteiger partial charge in [-0.1, -0.05) is 12.1 Å². The van der Waals surface area contributed by atoms with Crippen molar-refractivity contribution in [2.75, 3.05) is 11.5 Å². The smallest absolute Gasteiger partial charge is 0.240 e. The molecule has 0 bridgehead atoms. The molecule has 7 heteroatoms. The van der Waals surface area contributed by atoms with Crippen molar-refractivity contribution in [1.82, 2.24) is 14.9 Å². The van der Waals surface area contributed by atoms with Gasteiger partial charge in [0.1, 0.15) is 6.54 Å². The summed E-state index contributed by atoms with van der Waals surface area (Å²) in [6.07, 6.45) is 2.12. The second-order valence-electron chi connectivity index (χ2n) is 5.03. The number of para-hydroxylation sites is 2. The minimum atomic E-state index is -2.97. The molecule has 2 heterocycles. The van der Waals surface area contributed by atoms with Crippen LogP contribution < -0.4 is 5.32 Å². The minimum Gasteiger partial charge on any atom is -0.351 e. The van der Waals surface area contributed by atoms with Crippen LogP contribution in [0.1, 0.15) is 6.42 Å². The van der Waals surface area contributed by atoms with Gasteiger partial charge < -0.3 is 9.88 Å². The third-order valence-corrected chi connectivity index (χ3v) is 5.21. The molecule has 2 aromatic rings. The molecule has 0 spiro atoms. The summed E-state index contributed by atoms with van der Waals surface area (Å²) in [6, 6.07) is 7.30. The maximum Gasteiger partial charge on any atom is 0.240 e. The van der Waals surface area contributed by atoms with Crippen LogP contribution in [0.3, 0.4) is 0 Å². The van der Waals surface area contributed by atoms with Crippen molar-refractivity contribution in [2.24, 2.45) is 0 Å². The van der Waals surface area contributed by atoms with Gasteiger partial charge in [0.05, 0.1) is 28.9 Å². The fraction of sp³-hybridized carbons (Fsp3) is 0.385. The van der Waals surface area contributed by atoms with Gasteiger partial charge in [-0.2, -0.15) is 0 Å². The fourth-order valence-electron chi connectivity index (χ4n) is 2.47. The highest BCUT2D eigenvalue weighted by atomic mass is 32.2. The van der Waals surface area contributed by atoms with E-state index in [0.717, 1.165) is 11.0 Å². The second-order valence-corrected chi connectivity index (χ2v) is 7.26. The lowest BCUT2D eigenvalue weighted by Crippen LogP contribution is -2.37. The Labute approximate surface area is 116 Å². The van der Waals surface area contributed by atoms with Crippen LogP contribution in [-0.4, -0.2) is 41.4 Å². The van der Waals surface area contributed by atoms with E-state index in [1.807, 2.05) is 24.3 Å². The highest BCUT2D eigenvalue weighted by Gasteiger charge is 2.28. The first-order chi connectivity index (χ1) is 9.53. The molecule has 1 aromatic heterocycles. The molecule has 1 aliphatic heterocycles. The van der Waals surface area contributed by atoms with Gasteiger partial charge in [0.2, 0.25) is 5.91 Å². The van der Waals surface area contributed by atoms with Crippen LogP contribution in [0.5, 0.6) is 0 Å². The summed E-state index contributed by atoms with van der Waals surface area (Å²) in [5, 5.41) is 2.77. The van der Waals surface area contributed by atoms with Crippen molar-refractivity contribution in [3.63, 3.8) is 0 Å². The molecular formula is C13H15N3O3S. The Bertz CT molecular complexity index is 751. The highest BCUT2D eigenvalue weighted by Crippen LogP contribution is 2.13. The maximum absolute atomic E-state index is 12.0. The maximum atomic E-state index is 12.0. The Kier molecular flexibility index (Phi) is 3.21. The van der Waals surface area contributed by atoms with Crippen molar-refractivity contribution in [1.29, 1.82) is 0 Å². The van der Waals surface area contributed by atoms with Crippen molar-refractivity contribution in [3.05, 3.63) is 30.6 Å². The van der Waals surface area contributed by atoms with Crippen LogP contribution in [-0.2, 0) is 21.2 Å². The number of nitrogens with one attached hydrogen (secondary N) is 1. The number of carbonyl (C=O) groups excluding carboxylic acids is 1. The van der Waals surface area contributed by atoms with Gasteiger partial charge in [-0.25, -0.2) is 13.4 Å². The number of nitrogens with zero attached hydrogens (tertiary/aromatic N) is 2. The van der Waals surface area contributed by atoms with Gasteiger partial charge >= 0.3 is 0 Å². The number of benzene rings is 1. The number of hydrogen-bond donors (Lipinski definition) is 1. The minimum absolute atomic E-state index is 0.0451. The molecule has 1 amide bonds. The second kappa shape index (κ2) is 4.90. The molecule has 1 saturated heterocycles. The molecule has 1 fully saturated rings. The topological polar surface area (TPSA) is 81.1 Å². The summed E-state index contributed by atoms with van der Waals surface area (Å²) >= 11 is 0. The predicted molar refractivity (Wildman–Crippen MR) is 74.9 cm³/mol. The van der Waals surface area contributed by atoms with Crippen LogP contribution >= 0.6 is 0 Å². The summed E-state index contributed by atoms with van der Waals surface area (Å²) in [5.41, 5.74) is 1.73. The van der Waals surface area contributed by atoms with Crippen LogP contribution in [0.15, 0.2) is 30.6 Å². The lowest BCUT2D eigenvalue weighted by Gasteiger charge is -2.11. The van der Waals surface area contributed by atoms with Crippen LogP contribution in [0.2, 0.25) is 0 Å². The van der Waals surface area contributed by atoms with Gasteiger partial charge in [-0.15, -0.1) is 0 Å².